The number of hydrogen-bond donors (Lipinski definition) is 0. The second-order valence-electron chi connectivity index (χ2n) is 5.52. The van der Waals surface area contributed by atoms with Crippen LogP contribution in [0.2, 0.25) is 0 Å². The summed E-state index contributed by atoms with van der Waals surface area (Å²) in [5.74, 6) is 0.940. The number of thiazole rings is 1. The Balaban J connectivity index is 1.62. The van der Waals surface area contributed by atoms with Crippen molar-refractivity contribution in [3.63, 3.8) is 0 Å². The van der Waals surface area contributed by atoms with Crippen molar-refractivity contribution in [3.05, 3.63) is 41.4 Å². The average molecular weight is 331 g/mol. The molecule has 1 aromatic heterocycles. The third-order valence-corrected chi connectivity index (χ3v) is 4.90. The van der Waals surface area contributed by atoms with E-state index in [0.29, 0.717) is 6.42 Å². The normalized spacial score (nSPS) is 15.3. The number of ether oxygens (including phenoxy) is 1. The topological polar surface area (TPSA) is 45.7 Å². The number of para-hydroxylation sites is 1. The quantitative estimate of drug-likeness (QED) is 0.863. The highest BCUT2D eigenvalue weighted by Crippen LogP contribution is 2.21. The lowest BCUT2D eigenvalue weighted by atomic mass is 10.1. The second kappa shape index (κ2) is 7.46. The van der Waals surface area contributed by atoms with Gasteiger partial charge in [-0.1, -0.05) is 18.2 Å². The highest BCUT2D eigenvalue weighted by atomic mass is 32.1. The molecule has 5 nitrogen and oxygen atoms in total. The van der Waals surface area contributed by atoms with Crippen LogP contribution in [0.5, 0.6) is 5.75 Å². The molecule has 0 atom stereocenters. The van der Waals surface area contributed by atoms with Crippen LogP contribution in [0, 0.1) is 0 Å². The van der Waals surface area contributed by atoms with Crippen LogP contribution in [0.3, 0.4) is 0 Å². The van der Waals surface area contributed by atoms with Gasteiger partial charge in [0, 0.05) is 43.3 Å². The Hall–Kier alpha value is -2.08. The molecule has 1 saturated heterocycles. The van der Waals surface area contributed by atoms with Crippen molar-refractivity contribution in [2.45, 2.75) is 12.8 Å². The number of carbonyl (C=O) groups is 1. The number of carbonyl (C=O) groups excluding carboxylic acids is 1. The van der Waals surface area contributed by atoms with E-state index >= 15 is 0 Å². The molecule has 2 aromatic rings. The van der Waals surface area contributed by atoms with Gasteiger partial charge in [0.2, 0.25) is 5.91 Å². The molecule has 0 aliphatic carbocycles. The molecule has 0 bridgehead atoms. The predicted octanol–water partition coefficient (Wildman–Crippen LogP) is 2.43. The molecule has 122 valence electrons. The maximum absolute atomic E-state index is 12.6. The fraction of sp³-hybridized carbons (Fsp3) is 0.412. The minimum Gasteiger partial charge on any atom is -0.496 e. The van der Waals surface area contributed by atoms with E-state index in [4.69, 9.17) is 4.74 Å². The molecule has 1 aliphatic heterocycles. The Morgan fingerprint density at radius 3 is 2.91 bits per heavy atom. The fourth-order valence-electron chi connectivity index (χ4n) is 2.85. The zero-order chi connectivity index (χ0) is 16.1. The standard InChI is InChI=1S/C17H21N3O2S/c1-22-15-6-3-2-5-14(15)13-16(21)19-8-4-9-20(11-10-19)17-18-7-12-23-17/h2-3,5-7,12H,4,8-11,13H2,1H3. The third kappa shape index (κ3) is 3.82. The summed E-state index contributed by atoms with van der Waals surface area (Å²) in [6.07, 6.45) is 3.19. The number of amides is 1. The minimum absolute atomic E-state index is 0.162. The van der Waals surface area contributed by atoms with E-state index in [2.05, 4.69) is 9.88 Å². The van der Waals surface area contributed by atoms with E-state index in [1.165, 1.54) is 0 Å². The lowest BCUT2D eigenvalue weighted by Crippen LogP contribution is -2.36. The largest absolute Gasteiger partial charge is 0.496 e. The lowest BCUT2D eigenvalue weighted by molar-refractivity contribution is -0.130. The first kappa shape index (κ1) is 15.8. The molecule has 3 rings (SSSR count). The molecule has 0 radical (unpaired) electrons. The third-order valence-electron chi connectivity index (χ3n) is 4.07. The number of aromatic nitrogens is 1. The van der Waals surface area contributed by atoms with Crippen molar-refractivity contribution in [3.8, 4) is 5.75 Å². The summed E-state index contributed by atoms with van der Waals surface area (Å²) < 4.78 is 5.34. The Morgan fingerprint density at radius 1 is 1.26 bits per heavy atom. The smallest absolute Gasteiger partial charge is 0.227 e. The summed E-state index contributed by atoms with van der Waals surface area (Å²) in [6.45, 7) is 3.33. The van der Waals surface area contributed by atoms with Crippen LogP contribution in [0.15, 0.2) is 35.8 Å². The molecule has 1 amide bonds. The van der Waals surface area contributed by atoms with Gasteiger partial charge >= 0.3 is 0 Å². The van der Waals surface area contributed by atoms with Crippen LogP contribution in [0.1, 0.15) is 12.0 Å². The van der Waals surface area contributed by atoms with Gasteiger partial charge in [-0.3, -0.25) is 4.79 Å². The Labute approximate surface area is 140 Å². The van der Waals surface area contributed by atoms with Crippen LogP contribution in [0.4, 0.5) is 5.13 Å². The van der Waals surface area contributed by atoms with Gasteiger partial charge in [0.25, 0.3) is 0 Å². The summed E-state index contributed by atoms with van der Waals surface area (Å²) in [4.78, 5) is 21.2. The van der Waals surface area contributed by atoms with Crippen molar-refractivity contribution in [2.24, 2.45) is 0 Å². The van der Waals surface area contributed by atoms with Gasteiger partial charge < -0.3 is 14.5 Å². The van der Waals surface area contributed by atoms with Crippen LogP contribution < -0.4 is 9.64 Å². The van der Waals surface area contributed by atoms with E-state index in [-0.39, 0.29) is 5.91 Å². The van der Waals surface area contributed by atoms with E-state index in [1.54, 1.807) is 18.4 Å². The molecule has 23 heavy (non-hydrogen) atoms. The second-order valence-corrected chi connectivity index (χ2v) is 6.40. The average Bonchev–Trinajstić information content (AvgIpc) is 3.00. The zero-order valence-electron chi connectivity index (χ0n) is 13.3. The summed E-state index contributed by atoms with van der Waals surface area (Å²) in [6, 6.07) is 7.72. The van der Waals surface area contributed by atoms with E-state index in [0.717, 1.165) is 49.0 Å². The summed E-state index contributed by atoms with van der Waals surface area (Å²) in [5, 5.41) is 3.04. The number of hydrogen-bond acceptors (Lipinski definition) is 5. The Morgan fingerprint density at radius 2 is 2.13 bits per heavy atom. The van der Waals surface area contributed by atoms with Gasteiger partial charge in [0.1, 0.15) is 5.75 Å². The highest BCUT2D eigenvalue weighted by Gasteiger charge is 2.21. The lowest BCUT2D eigenvalue weighted by Gasteiger charge is -2.22. The molecule has 0 spiro atoms. The van der Waals surface area contributed by atoms with Crippen molar-refractivity contribution in [1.29, 1.82) is 0 Å². The molecule has 0 saturated carbocycles. The van der Waals surface area contributed by atoms with Gasteiger partial charge in [0.05, 0.1) is 13.5 Å². The summed E-state index contributed by atoms with van der Waals surface area (Å²) in [5.41, 5.74) is 0.945. The molecule has 0 N–H and O–H groups in total. The molecule has 1 aromatic carbocycles. The maximum atomic E-state index is 12.6. The monoisotopic (exact) mass is 331 g/mol. The Kier molecular flexibility index (Phi) is 5.12. The molecule has 1 fully saturated rings. The van der Waals surface area contributed by atoms with E-state index in [9.17, 15) is 4.79 Å². The van der Waals surface area contributed by atoms with Crippen molar-refractivity contribution in [1.82, 2.24) is 9.88 Å². The van der Waals surface area contributed by atoms with E-state index < -0.39 is 0 Å². The molecular weight excluding hydrogens is 310 g/mol. The number of benzene rings is 1. The molecular formula is C17H21N3O2S. The minimum atomic E-state index is 0.162. The SMILES string of the molecule is COc1ccccc1CC(=O)N1CCCN(c2nccs2)CC1. The first-order valence-corrected chi connectivity index (χ1v) is 8.70. The molecule has 0 unspecified atom stereocenters. The number of anilines is 1. The molecule has 2 heterocycles. The predicted molar refractivity (Wildman–Crippen MR) is 92.2 cm³/mol. The first-order valence-electron chi connectivity index (χ1n) is 7.82. The summed E-state index contributed by atoms with van der Waals surface area (Å²) >= 11 is 1.65. The highest BCUT2D eigenvalue weighted by molar-refractivity contribution is 7.13. The van der Waals surface area contributed by atoms with Crippen molar-refractivity contribution in [2.75, 3.05) is 38.2 Å². The fourth-order valence-corrected chi connectivity index (χ4v) is 3.55. The molecule has 6 heteroatoms. The summed E-state index contributed by atoms with van der Waals surface area (Å²) in [7, 11) is 1.64. The van der Waals surface area contributed by atoms with Gasteiger partial charge in [-0.15, -0.1) is 11.3 Å². The van der Waals surface area contributed by atoms with Crippen molar-refractivity contribution >= 4 is 22.4 Å². The van der Waals surface area contributed by atoms with Crippen LogP contribution in [-0.2, 0) is 11.2 Å². The zero-order valence-corrected chi connectivity index (χ0v) is 14.1. The van der Waals surface area contributed by atoms with Crippen LogP contribution >= 0.6 is 11.3 Å². The number of nitrogens with zero attached hydrogens (tertiary/aromatic N) is 3. The number of methoxy groups -OCH3 is 1. The Bertz CT molecular complexity index is 645. The van der Waals surface area contributed by atoms with Gasteiger partial charge in [0.15, 0.2) is 5.13 Å². The van der Waals surface area contributed by atoms with Gasteiger partial charge in [-0.05, 0) is 12.5 Å². The molecule has 1 aliphatic rings. The van der Waals surface area contributed by atoms with Gasteiger partial charge in [-0.25, -0.2) is 4.98 Å². The van der Waals surface area contributed by atoms with Crippen molar-refractivity contribution < 1.29 is 9.53 Å². The van der Waals surface area contributed by atoms with Gasteiger partial charge in [-0.2, -0.15) is 0 Å². The van der Waals surface area contributed by atoms with Crippen LogP contribution in [-0.4, -0.2) is 49.1 Å². The number of rotatable bonds is 4. The van der Waals surface area contributed by atoms with E-state index in [1.807, 2.05) is 40.7 Å². The first-order chi connectivity index (χ1) is 11.3. The maximum Gasteiger partial charge on any atom is 0.227 e. The van der Waals surface area contributed by atoms with Crippen LogP contribution in [0.25, 0.3) is 0 Å².